The van der Waals surface area contributed by atoms with E-state index in [-0.39, 0.29) is 5.38 Å². The fourth-order valence-corrected chi connectivity index (χ4v) is 5.17. The first-order valence-corrected chi connectivity index (χ1v) is 7.93. The highest BCUT2D eigenvalue weighted by Gasteiger charge is 2.16. The molecule has 0 bridgehead atoms. The molecule has 3 rings (SSSR count). The van der Waals surface area contributed by atoms with Crippen molar-refractivity contribution in [2.45, 2.75) is 5.38 Å². The van der Waals surface area contributed by atoms with Gasteiger partial charge in [-0.05, 0) is 29.6 Å². The lowest BCUT2D eigenvalue weighted by molar-refractivity contribution is 1.24. The zero-order valence-electron chi connectivity index (χ0n) is 7.94. The number of hydrogen-bond donors (Lipinski definition) is 0. The molecule has 0 fully saturated rings. The summed E-state index contributed by atoms with van der Waals surface area (Å²) in [6.07, 6.45) is 0. The molecule has 0 N–H and O–H groups in total. The lowest BCUT2D eigenvalue weighted by Crippen LogP contribution is -1.83. The maximum absolute atomic E-state index is 6.44. The van der Waals surface area contributed by atoms with E-state index in [2.05, 4.69) is 17.5 Å². The molecule has 0 spiro atoms. The van der Waals surface area contributed by atoms with Crippen LogP contribution < -0.4 is 0 Å². The van der Waals surface area contributed by atoms with Gasteiger partial charge in [0.15, 0.2) is 0 Å². The molecule has 0 saturated heterocycles. The lowest BCUT2D eigenvalue weighted by Gasteiger charge is -2.02. The Labute approximate surface area is 115 Å². The molecule has 3 heterocycles. The number of fused-ring (bicyclic) bond motifs is 1. The Morgan fingerprint density at radius 3 is 2.56 bits per heavy atom. The molecular formula is C11H6Cl2S3. The summed E-state index contributed by atoms with van der Waals surface area (Å²) in [5.41, 5.74) is 0. The van der Waals surface area contributed by atoms with Crippen LogP contribution in [0, 0.1) is 0 Å². The van der Waals surface area contributed by atoms with E-state index in [1.807, 2.05) is 12.1 Å². The van der Waals surface area contributed by atoms with Crippen molar-refractivity contribution in [2.24, 2.45) is 0 Å². The first-order valence-electron chi connectivity index (χ1n) is 4.60. The minimum atomic E-state index is -0.0675. The number of alkyl halides is 1. The number of thiophene rings is 3. The molecule has 82 valence electrons. The third kappa shape index (κ3) is 1.91. The monoisotopic (exact) mass is 304 g/mol. The van der Waals surface area contributed by atoms with E-state index < -0.39 is 0 Å². The van der Waals surface area contributed by atoms with Gasteiger partial charge in [-0.2, -0.15) is 0 Å². The summed E-state index contributed by atoms with van der Waals surface area (Å²) in [5.74, 6) is 0. The first kappa shape index (κ1) is 11.1. The summed E-state index contributed by atoms with van der Waals surface area (Å²) in [7, 11) is 0. The van der Waals surface area contributed by atoms with E-state index in [1.54, 1.807) is 34.0 Å². The van der Waals surface area contributed by atoms with Gasteiger partial charge in [0.1, 0.15) is 5.38 Å². The van der Waals surface area contributed by atoms with Crippen molar-refractivity contribution in [3.8, 4) is 0 Å². The number of rotatable bonds is 2. The zero-order valence-corrected chi connectivity index (χ0v) is 11.9. The molecule has 1 atom stereocenters. The van der Waals surface area contributed by atoms with Crippen LogP contribution in [0.1, 0.15) is 15.1 Å². The van der Waals surface area contributed by atoms with Crippen LogP contribution in [0.15, 0.2) is 29.6 Å². The Kier molecular flexibility index (Phi) is 2.98. The Hall–Kier alpha value is -0.0600. The molecule has 3 aromatic rings. The smallest absolute Gasteiger partial charge is 0.102 e. The molecule has 0 nitrogen and oxygen atoms in total. The van der Waals surface area contributed by atoms with E-state index >= 15 is 0 Å². The maximum atomic E-state index is 6.44. The molecule has 0 aromatic carbocycles. The van der Waals surface area contributed by atoms with Crippen molar-refractivity contribution < 1.29 is 0 Å². The number of hydrogen-bond acceptors (Lipinski definition) is 3. The molecule has 0 aliphatic heterocycles. The van der Waals surface area contributed by atoms with Gasteiger partial charge >= 0.3 is 0 Å². The van der Waals surface area contributed by atoms with Crippen LogP contribution in [-0.4, -0.2) is 0 Å². The average molecular weight is 305 g/mol. The highest BCUT2D eigenvalue weighted by molar-refractivity contribution is 7.27. The third-order valence-corrected chi connectivity index (χ3v) is 6.44. The summed E-state index contributed by atoms with van der Waals surface area (Å²) in [6.45, 7) is 0. The molecule has 0 aliphatic rings. The van der Waals surface area contributed by atoms with E-state index in [0.29, 0.717) is 0 Å². The van der Waals surface area contributed by atoms with Crippen LogP contribution in [0.2, 0.25) is 4.34 Å². The number of halogens is 2. The van der Waals surface area contributed by atoms with Crippen LogP contribution in [0.4, 0.5) is 0 Å². The van der Waals surface area contributed by atoms with Gasteiger partial charge in [-0.15, -0.1) is 45.6 Å². The van der Waals surface area contributed by atoms with Crippen molar-refractivity contribution in [2.75, 3.05) is 0 Å². The van der Waals surface area contributed by atoms with E-state index in [1.165, 1.54) is 14.3 Å². The second-order valence-corrected chi connectivity index (χ2v) is 7.55. The van der Waals surface area contributed by atoms with Crippen molar-refractivity contribution in [3.63, 3.8) is 0 Å². The topological polar surface area (TPSA) is 0 Å². The van der Waals surface area contributed by atoms with Gasteiger partial charge in [-0.1, -0.05) is 11.6 Å². The quantitative estimate of drug-likeness (QED) is 0.509. The Morgan fingerprint density at radius 1 is 1.00 bits per heavy atom. The fraction of sp³-hybridized carbons (Fsp3) is 0.0909. The zero-order chi connectivity index (χ0) is 11.1. The van der Waals surface area contributed by atoms with Gasteiger partial charge in [-0.3, -0.25) is 0 Å². The van der Waals surface area contributed by atoms with Crippen LogP contribution >= 0.6 is 57.2 Å². The van der Waals surface area contributed by atoms with Crippen molar-refractivity contribution in [1.29, 1.82) is 0 Å². The largest absolute Gasteiger partial charge is 0.143 e. The molecular weight excluding hydrogens is 299 g/mol. The Morgan fingerprint density at radius 2 is 1.88 bits per heavy atom. The van der Waals surface area contributed by atoms with Crippen LogP contribution in [0.5, 0.6) is 0 Å². The van der Waals surface area contributed by atoms with Crippen LogP contribution in [0.3, 0.4) is 0 Å². The minimum Gasteiger partial charge on any atom is -0.143 e. The van der Waals surface area contributed by atoms with Crippen molar-refractivity contribution >= 4 is 66.6 Å². The Bertz CT molecular complexity index is 591. The summed E-state index contributed by atoms with van der Waals surface area (Å²) in [6, 6.07) is 8.21. The Balaban J connectivity index is 2.00. The predicted octanol–water partition coefficient (Wildman–Crippen LogP) is 6.01. The summed E-state index contributed by atoms with van der Waals surface area (Å²) in [5, 5.41) is 2.04. The molecule has 0 radical (unpaired) electrons. The van der Waals surface area contributed by atoms with Gasteiger partial charge in [0.05, 0.1) is 4.34 Å². The van der Waals surface area contributed by atoms with E-state index in [9.17, 15) is 0 Å². The molecule has 3 aromatic heterocycles. The van der Waals surface area contributed by atoms with Crippen molar-refractivity contribution in [3.05, 3.63) is 43.7 Å². The van der Waals surface area contributed by atoms with Crippen LogP contribution in [0.25, 0.3) is 9.40 Å². The van der Waals surface area contributed by atoms with Crippen molar-refractivity contribution in [1.82, 2.24) is 0 Å². The molecule has 1 unspecified atom stereocenters. The standard InChI is InChI=1S/C11H6Cl2S3/c12-10-2-1-7(16-10)11(13)9-5-8-6(15-9)3-4-14-8/h1-5,11H. The second kappa shape index (κ2) is 4.31. The summed E-state index contributed by atoms with van der Waals surface area (Å²) >= 11 is 17.4. The fourth-order valence-electron chi connectivity index (χ4n) is 1.51. The van der Waals surface area contributed by atoms with E-state index in [4.69, 9.17) is 23.2 Å². The maximum Gasteiger partial charge on any atom is 0.102 e. The molecule has 16 heavy (non-hydrogen) atoms. The highest BCUT2D eigenvalue weighted by atomic mass is 35.5. The van der Waals surface area contributed by atoms with Gasteiger partial charge in [0.2, 0.25) is 0 Å². The van der Waals surface area contributed by atoms with Crippen LogP contribution in [-0.2, 0) is 0 Å². The third-order valence-electron chi connectivity index (χ3n) is 2.25. The molecule has 5 heteroatoms. The SMILES string of the molecule is Clc1ccc(C(Cl)c2cc3sccc3s2)s1. The second-order valence-electron chi connectivity index (χ2n) is 3.30. The van der Waals surface area contributed by atoms with Gasteiger partial charge in [0, 0.05) is 19.2 Å². The first-order chi connectivity index (χ1) is 7.74. The predicted molar refractivity (Wildman–Crippen MR) is 76.7 cm³/mol. The van der Waals surface area contributed by atoms with Gasteiger partial charge in [0.25, 0.3) is 0 Å². The van der Waals surface area contributed by atoms with Gasteiger partial charge < -0.3 is 0 Å². The average Bonchev–Trinajstić information content (AvgIpc) is 2.89. The molecule has 0 aliphatic carbocycles. The summed E-state index contributed by atoms with van der Waals surface area (Å²) in [4.78, 5) is 2.31. The summed E-state index contributed by atoms with van der Waals surface area (Å²) < 4.78 is 3.42. The van der Waals surface area contributed by atoms with E-state index in [0.717, 1.165) is 9.21 Å². The normalized spacial score (nSPS) is 13.4. The minimum absolute atomic E-state index is 0.0675. The lowest BCUT2D eigenvalue weighted by atomic mass is 10.3. The highest BCUT2D eigenvalue weighted by Crippen LogP contribution is 2.41. The van der Waals surface area contributed by atoms with Gasteiger partial charge in [-0.25, -0.2) is 0 Å². The molecule has 0 amide bonds. The molecule has 0 saturated carbocycles.